The van der Waals surface area contributed by atoms with Gasteiger partial charge in [-0.1, -0.05) is 6.07 Å². The van der Waals surface area contributed by atoms with Gasteiger partial charge in [-0.05, 0) is 44.7 Å². The van der Waals surface area contributed by atoms with E-state index in [0.717, 1.165) is 15.3 Å². The van der Waals surface area contributed by atoms with E-state index in [1.165, 1.54) is 33.8 Å². The van der Waals surface area contributed by atoms with Gasteiger partial charge in [-0.3, -0.25) is 4.90 Å². The van der Waals surface area contributed by atoms with Crippen LogP contribution < -0.4 is 10.2 Å². The lowest BCUT2D eigenvalue weighted by Gasteiger charge is -2.22. The highest BCUT2D eigenvalue weighted by molar-refractivity contribution is 7.19. The maximum absolute atomic E-state index is 12.1. The smallest absolute Gasteiger partial charge is 0.412 e. The van der Waals surface area contributed by atoms with Gasteiger partial charge < -0.3 is 20.3 Å². The first-order valence-corrected chi connectivity index (χ1v) is 11.7. The Morgan fingerprint density at radius 1 is 1.34 bits per heavy atom. The number of anilines is 1. The van der Waals surface area contributed by atoms with Crippen LogP contribution in [0.2, 0.25) is 0 Å². The molecular formula is C21H26N4O5S2. The summed E-state index contributed by atoms with van der Waals surface area (Å²) in [6.07, 6.45) is 0.107. The molecule has 9 nitrogen and oxygen atoms in total. The minimum atomic E-state index is -1.08. The zero-order chi connectivity index (χ0) is 23.5. The SMILES string of the molecule is Cc1c(CC(CO)NC(=O)OC(C)(C)C)sc2c(N(Cc3cccs3)C(=O)O)cnnc12. The van der Waals surface area contributed by atoms with Gasteiger partial charge in [-0.2, -0.15) is 5.10 Å². The van der Waals surface area contributed by atoms with Gasteiger partial charge in [0.1, 0.15) is 11.1 Å². The second kappa shape index (κ2) is 9.80. The van der Waals surface area contributed by atoms with E-state index in [0.29, 0.717) is 22.3 Å². The second-order valence-electron chi connectivity index (χ2n) is 8.24. The molecule has 0 aliphatic carbocycles. The standard InChI is InChI=1S/C21H26N4O5S2/c1-12-16(8-13(11-26)23-19(27)30-21(2,3)4)32-18-15(9-22-24-17(12)18)25(20(28)29)10-14-6-5-7-31-14/h5-7,9,13,26H,8,10-11H2,1-4H3,(H,23,27)(H,28,29). The number of rotatable bonds is 7. The van der Waals surface area contributed by atoms with Crippen LogP contribution in [0.3, 0.4) is 0 Å². The number of fused-ring (bicyclic) bond motifs is 1. The Kier molecular flexibility index (Phi) is 7.32. The average molecular weight is 479 g/mol. The summed E-state index contributed by atoms with van der Waals surface area (Å²) in [6, 6.07) is 3.20. The summed E-state index contributed by atoms with van der Waals surface area (Å²) in [5.41, 5.74) is 1.25. The van der Waals surface area contributed by atoms with Gasteiger partial charge in [-0.25, -0.2) is 9.59 Å². The van der Waals surface area contributed by atoms with Gasteiger partial charge in [0, 0.05) is 16.2 Å². The van der Waals surface area contributed by atoms with E-state index in [4.69, 9.17) is 4.74 Å². The van der Waals surface area contributed by atoms with E-state index in [1.807, 2.05) is 24.4 Å². The monoisotopic (exact) mass is 478 g/mol. The van der Waals surface area contributed by atoms with E-state index in [9.17, 15) is 19.8 Å². The molecule has 0 saturated carbocycles. The molecule has 0 spiro atoms. The van der Waals surface area contributed by atoms with Gasteiger partial charge in [0.15, 0.2) is 0 Å². The molecule has 1 atom stereocenters. The average Bonchev–Trinajstić information content (AvgIpc) is 3.32. The van der Waals surface area contributed by atoms with Crippen LogP contribution in [0.5, 0.6) is 0 Å². The molecule has 3 aromatic heterocycles. The normalized spacial score (nSPS) is 12.5. The van der Waals surface area contributed by atoms with Crippen LogP contribution in [0.25, 0.3) is 10.2 Å². The van der Waals surface area contributed by atoms with E-state index in [2.05, 4.69) is 15.5 Å². The molecule has 0 saturated heterocycles. The number of nitrogens with one attached hydrogen (secondary N) is 1. The van der Waals surface area contributed by atoms with Crippen molar-refractivity contribution in [2.45, 2.75) is 52.3 Å². The molecule has 32 heavy (non-hydrogen) atoms. The van der Waals surface area contributed by atoms with Gasteiger partial charge in [-0.15, -0.1) is 27.8 Å². The van der Waals surface area contributed by atoms with E-state index < -0.39 is 23.8 Å². The third-order valence-corrected chi connectivity index (χ3v) is 6.76. The maximum atomic E-state index is 12.1. The summed E-state index contributed by atoms with van der Waals surface area (Å²) < 4.78 is 5.97. The summed E-state index contributed by atoms with van der Waals surface area (Å²) in [5.74, 6) is 0. The maximum Gasteiger partial charge on any atom is 0.412 e. The van der Waals surface area contributed by atoms with E-state index >= 15 is 0 Å². The number of amides is 2. The Bertz CT molecular complexity index is 1090. The Morgan fingerprint density at radius 2 is 2.09 bits per heavy atom. The van der Waals surface area contributed by atoms with Gasteiger partial charge in [0.2, 0.25) is 0 Å². The highest BCUT2D eigenvalue weighted by Crippen LogP contribution is 2.37. The van der Waals surface area contributed by atoms with Crippen LogP contribution in [-0.4, -0.2) is 50.8 Å². The Morgan fingerprint density at radius 3 is 2.69 bits per heavy atom. The Labute approximate surface area is 193 Å². The number of carboxylic acid groups (broad SMARTS) is 1. The number of hydrogen-bond donors (Lipinski definition) is 3. The van der Waals surface area contributed by atoms with Crippen LogP contribution in [0.4, 0.5) is 15.3 Å². The summed E-state index contributed by atoms with van der Waals surface area (Å²) >= 11 is 2.87. The molecule has 3 aromatic rings. The molecule has 0 aromatic carbocycles. The number of nitrogens with zero attached hydrogens (tertiary/aromatic N) is 3. The fraction of sp³-hybridized carbons (Fsp3) is 0.429. The number of alkyl carbamates (subject to hydrolysis) is 1. The van der Waals surface area contributed by atoms with Crippen LogP contribution in [0.15, 0.2) is 23.7 Å². The molecule has 172 valence electrons. The predicted molar refractivity (Wildman–Crippen MR) is 125 cm³/mol. The molecule has 0 aliphatic heterocycles. The number of aliphatic hydroxyl groups excluding tert-OH is 1. The van der Waals surface area contributed by atoms with Crippen molar-refractivity contribution in [3.05, 3.63) is 39.0 Å². The van der Waals surface area contributed by atoms with Crippen molar-refractivity contribution in [1.82, 2.24) is 15.5 Å². The fourth-order valence-corrected chi connectivity index (χ4v) is 5.14. The Balaban J connectivity index is 1.89. The summed E-state index contributed by atoms with van der Waals surface area (Å²) in [4.78, 5) is 27.2. The van der Waals surface area contributed by atoms with Gasteiger partial charge >= 0.3 is 12.2 Å². The molecule has 3 N–H and O–H groups in total. The van der Waals surface area contributed by atoms with Crippen molar-refractivity contribution < 1.29 is 24.5 Å². The number of thiophene rings is 2. The van der Waals surface area contributed by atoms with Crippen molar-refractivity contribution in [2.24, 2.45) is 0 Å². The summed E-state index contributed by atoms with van der Waals surface area (Å²) in [6.45, 7) is 7.10. The highest BCUT2D eigenvalue weighted by atomic mass is 32.1. The molecule has 0 fully saturated rings. The van der Waals surface area contributed by atoms with Crippen molar-refractivity contribution in [2.75, 3.05) is 11.5 Å². The molecule has 0 aliphatic rings. The van der Waals surface area contributed by atoms with Crippen LogP contribution >= 0.6 is 22.7 Å². The quantitative estimate of drug-likeness (QED) is 0.465. The molecule has 2 amide bonds. The molecule has 3 heterocycles. The van der Waals surface area contributed by atoms with Crippen molar-refractivity contribution in [1.29, 1.82) is 0 Å². The first-order valence-electron chi connectivity index (χ1n) is 9.96. The number of aryl methyl sites for hydroxylation is 1. The third-order valence-electron chi connectivity index (χ3n) is 4.57. The summed E-state index contributed by atoms with van der Waals surface area (Å²) in [5, 5.41) is 32.4. The molecule has 1 unspecified atom stereocenters. The van der Waals surface area contributed by atoms with Crippen molar-refractivity contribution in [3.63, 3.8) is 0 Å². The fourth-order valence-electron chi connectivity index (χ4n) is 3.10. The third kappa shape index (κ3) is 5.72. The number of aliphatic hydroxyl groups is 1. The molecule has 3 rings (SSSR count). The molecule has 0 radical (unpaired) electrons. The number of aromatic nitrogens is 2. The number of hydrogen-bond acceptors (Lipinski definition) is 8. The summed E-state index contributed by atoms with van der Waals surface area (Å²) in [7, 11) is 0. The molecule has 0 bridgehead atoms. The Hall–Kier alpha value is -2.76. The van der Waals surface area contributed by atoms with Crippen molar-refractivity contribution >= 4 is 50.8 Å². The number of carbonyl (C=O) groups is 2. The van der Waals surface area contributed by atoms with Gasteiger partial charge in [0.05, 0.1) is 35.8 Å². The minimum Gasteiger partial charge on any atom is -0.465 e. The first kappa shape index (κ1) is 23.9. The van der Waals surface area contributed by atoms with Crippen molar-refractivity contribution in [3.8, 4) is 0 Å². The largest absolute Gasteiger partial charge is 0.465 e. The van der Waals surface area contributed by atoms with Crippen LogP contribution in [-0.2, 0) is 17.7 Å². The molecule has 11 heteroatoms. The van der Waals surface area contributed by atoms with E-state index in [-0.39, 0.29) is 13.2 Å². The predicted octanol–water partition coefficient (Wildman–Crippen LogP) is 4.17. The molecular weight excluding hydrogens is 452 g/mol. The van der Waals surface area contributed by atoms with Gasteiger partial charge in [0.25, 0.3) is 0 Å². The lowest BCUT2D eigenvalue weighted by atomic mass is 10.1. The number of carbonyl (C=O) groups excluding carboxylic acids is 1. The zero-order valence-electron chi connectivity index (χ0n) is 18.3. The number of ether oxygens (including phenoxy) is 1. The van der Waals surface area contributed by atoms with E-state index in [1.54, 1.807) is 20.8 Å². The minimum absolute atomic E-state index is 0.208. The lowest BCUT2D eigenvalue weighted by molar-refractivity contribution is 0.0483. The lowest BCUT2D eigenvalue weighted by Crippen LogP contribution is -2.42. The topological polar surface area (TPSA) is 125 Å². The van der Waals surface area contributed by atoms with Crippen LogP contribution in [0.1, 0.15) is 36.1 Å². The highest BCUT2D eigenvalue weighted by Gasteiger charge is 2.25. The van der Waals surface area contributed by atoms with Crippen LogP contribution in [0, 0.1) is 6.92 Å². The second-order valence-corrected chi connectivity index (χ2v) is 10.4. The zero-order valence-corrected chi connectivity index (χ0v) is 19.9. The first-order chi connectivity index (χ1) is 15.1.